The molecule has 0 aromatic heterocycles. The monoisotopic (exact) mass is 404 g/mol. The molecule has 4 rings (SSSR count). The summed E-state index contributed by atoms with van der Waals surface area (Å²) in [6, 6.07) is 23.6. The quantitative estimate of drug-likeness (QED) is 0.507. The molecule has 0 atom stereocenters. The number of nitrogens with one attached hydrogen (secondary N) is 1. The summed E-state index contributed by atoms with van der Waals surface area (Å²) in [5.74, 6) is -0.124. The number of nitrogens with zero attached hydrogens (tertiary/aromatic N) is 1. The number of hydrogen-bond acceptors (Lipinski definition) is 3. The Balaban J connectivity index is 1.45. The van der Waals surface area contributed by atoms with Gasteiger partial charge in [-0.05, 0) is 53.6 Å². The van der Waals surface area contributed by atoms with E-state index in [1.165, 1.54) is 5.01 Å². The zero-order chi connectivity index (χ0) is 20.2. The maximum Gasteiger partial charge on any atom is 0.282 e. The third kappa shape index (κ3) is 4.31. The van der Waals surface area contributed by atoms with Crippen LogP contribution in [0.1, 0.15) is 11.1 Å². The van der Waals surface area contributed by atoms with Crippen LogP contribution in [0.4, 0.5) is 5.69 Å². The summed E-state index contributed by atoms with van der Waals surface area (Å²) in [5, 5.41) is 1.93. The van der Waals surface area contributed by atoms with Crippen LogP contribution in [0, 0.1) is 0 Å². The van der Waals surface area contributed by atoms with Gasteiger partial charge in [-0.3, -0.25) is 15.0 Å². The van der Waals surface area contributed by atoms with Gasteiger partial charge in [0.1, 0.15) is 17.9 Å². The van der Waals surface area contributed by atoms with Crippen LogP contribution in [-0.2, 0) is 16.2 Å². The van der Waals surface area contributed by atoms with Gasteiger partial charge in [0.25, 0.3) is 11.8 Å². The first-order chi connectivity index (χ1) is 14.1. The molecule has 3 aromatic carbocycles. The number of ether oxygens (including phenoxy) is 1. The van der Waals surface area contributed by atoms with Crippen molar-refractivity contribution >= 4 is 35.2 Å². The highest BCUT2D eigenvalue weighted by atomic mass is 35.5. The van der Waals surface area contributed by atoms with E-state index in [-0.39, 0.29) is 11.5 Å². The molecule has 0 saturated carbocycles. The van der Waals surface area contributed by atoms with Crippen molar-refractivity contribution < 1.29 is 14.3 Å². The number of carbonyl (C=O) groups excluding carboxylic acids is 2. The highest BCUT2D eigenvalue weighted by Crippen LogP contribution is 2.22. The standard InChI is InChI=1S/C23H17ClN2O3/c24-18-10-6-17(7-11-18)15-29-20-12-8-16(9-13-20)14-21-22(27)25-26(23(21)28)19-4-2-1-3-5-19/h1-14H,15H2,(H,25,27)/b21-14-. The summed E-state index contributed by atoms with van der Waals surface area (Å²) >= 11 is 5.88. The molecule has 1 aliphatic rings. The van der Waals surface area contributed by atoms with Gasteiger partial charge in [0.05, 0.1) is 5.69 Å². The van der Waals surface area contributed by atoms with Crippen LogP contribution in [0.3, 0.4) is 0 Å². The third-order valence-electron chi connectivity index (χ3n) is 4.42. The maximum absolute atomic E-state index is 12.6. The van der Waals surface area contributed by atoms with E-state index in [0.29, 0.717) is 23.1 Å². The number of amides is 2. The van der Waals surface area contributed by atoms with Crippen molar-refractivity contribution in [3.63, 3.8) is 0 Å². The average Bonchev–Trinajstić information content (AvgIpc) is 3.03. The zero-order valence-electron chi connectivity index (χ0n) is 15.3. The minimum atomic E-state index is -0.429. The molecule has 29 heavy (non-hydrogen) atoms. The van der Waals surface area contributed by atoms with E-state index in [9.17, 15) is 9.59 Å². The lowest BCUT2D eigenvalue weighted by Crippen LogP contribution is -2.35. The lowest BCUT2D eigenvalue weighted by Gasteiger charge is -2.13. The fourth-order valence-corrected chi connectivity index (χ4v) is 3.02. The molecule has 3 aromatic rings. The highest BCUT2D eigenvalue weighted by molar-refractivity contribution is 6.31. The molecular weight excluding hydrogens is 388 g/mol. The van der Waals surface area contributed by atoms with Crippen LogP contribution in [0.25, 0.3) is 6.08 Å². The summed E-state index contributed by atoms with van der Waals surface area (Å²) in [5.41, 5.74) is 5.03. The van der Waals surface area contributed by atoms with Crippen molar-refractivity contribution in [1.29, 1.82) is 0 Å². The van der Waals surface area contributed by atoms with Crippen LogP contribution >= 0.6 is 11.6 Å². The second kappa shape index (κ2) is 8.20. The first kappa shape index (κ1) is 18.8. The van der Waals surface area contributed by atoms with E-state index in [2.05, 4.69) is 5.43 Å². The predicted molar refractivity (Wildman–Crippen MR) is 112 cm³/mol. The SMILES string of the molecule is O=C1NN(c2ccccc2)C(=O)/C1=C\c1ccc(OCc2ccc(Cl)cc2)cc1. The maximum atomic E-state index is 12.6. The average molecular weight is 405 g/mol. The number of hydrogen-bond donors (Lipinski definition) is 1. The van der Waals surface area contributed by atoms with Gasteiger partial charge < -0.3 is 4.74 Å². The second-order valence-electron chi connectivity index (χ2n) is 6.46. The van der Waals surface area contributed by atoms with Crippen LogP contribution in [0.15, 0.2) is 84.4 Å². The molecule has 0 radical (unpaired) electrons. The van der Waals surface area contributed by atoms with E-state index in [0.717, 1.165) is 11.1 Å². The summed E-state index contributed by atoms with van der Waals surface area (Å²) in [7, 11) is 0. The molecule has 1 aliphatic heterocycles. The Labute approximate surface area is 173 Å². The predicted octanol–water partition coefficient (Wildman–Crippen LogP) is 4.38. The molecule has 1 saturated heterocycles. The van der Waals surface area contributed by atoms with Crippen molar-refractivity contribution in [3.8, 4) is 5.75 Å². The number of anilines is 1. The number of benzene rings is 3. The Bertz CT molecular complexity index is 1060. The van der Waals surface area contributed by atoms with Crippen molar-refractivity contribution in [1.82, 2.24) is 5.43 Å². The van der Waals surface area contributed by atoms with Gasteiger partial charge in [-0.2, -0.15) is 0 Å². The van der Waals surface area contributed by atoms with E-state index >= 15 is 0 Å². The van der Waals surface area contributed by atoms with Crippen LogP contribution in [0.5, 0.6) is 5.75 Å². The molecule has 2 amide bonds. The Morgan fingerprint density at radius 3 is 2.28 bits per heavy atom. The van der Waals surface area contributed by atoms with Gasteiger partial charge in [0.15, 0.2) is 0 Å². The Kier molecular flexibility index (Phi) is 5.31. The molecule has 144 valence electrons. The van der Waals surface area contributed by atoms with Crippen LogP contribution < -0.4 is 15.2 Å². The first-order valence-corrected chi connectivity index (χ1v) is 9.37. The summed E-state index contributed by atoms with van der Waals surface area (Å²) in [6.45, 7) is 0.421. The topological polar surface area (TPSA) is 58.6 Å². The smallest absolute Gasteiger partial charge is 0.282 e. The molecule has 0 unspecified atom stereocenters. The molecule has 5 nitrogen and oxygen atoms in total. The summed E-state index contributed by atoms with van der Waals surface area (Å²) < 4.78 is 5.76. The number of carbonyl (C=O) groups is 2. The molecule has 6 heteroatoms. The van der Waals surface area contributed by atoms with Crippen molar-refractivity contribution in [3.05, 3.63) is 101 Å². The lowest BCUT2D eigenvalue weighted by molar-refractivity contribution is -0.117. The number of para-hydroxylation sites is 1. The molecule has 1 fully saturated rings. The van der Waals surface area contributed by atoms with Gasteiger partial charge >= 0.3 is 0 Å². The highest BCUT2D eigenvalue weighted by Gasteiger charge is 2.34. The molecule has 1 N–H and O–H groups in total. The zero-order valence-corrected chi connectivity index (χ0v) is 16.1. The van der Waals surface area contributed by atoms with Crippen LogP contribution in [-0.4, -0.2) is 11.8 Å². The molecule has 1 heterocycles. The van der Waals surface area contributed by atoms with Gasteiger partial charge in [0, 0.05) is 5.02 Å². The van der Waals surface area contributed by atoms with Crippen molar-refractivity contribution in [2.45, 2.75) is 6.61 Å². The Hall–Kier alpha value is -3.57. The van der Waals surface area contributed by atoms with E-state index < -0.39 is 5.91 Å². The summed E-state index contributed by atoms with van der Waals surface area (Å²) in [4.78, 5) is 24.9. The lowest BCUT2D eigenvalue weighted by atomic mass is 10.1. The minimum Gasteiger partial charge on any atom is -0.489 e. The number of rotatable bonds is 5. The Morgan fingerprint density at radius 1 is 0.897 bits per heavy atom. The van der Waals surface area contributed by atoms with Crippen molar-refractivity contribution in [2.24, 2.45) is 0 Å². The molecule has 0 spiro atoms. The van der Waals surface area contributed by atoms with E-state index in [1.807, 2.05) is 30.3 Å². The van der Waals surface area contributed by atoms with Crippen LogP contribution in [0.2, 0.25) is 5.02 Å². The summed E-state index contributed by atoms with van der Waals surface area (Å²) in [6.07, 6.45) is 1.57. The Morgan fingerprint density at radius 2 is 1.59 bits per heavy atom. The molecule has 0 aliphatic carbocycles. The number of halogens is 1. The van der Waals surface area contributed by atoms with E-state index in [1.54, 1.807) is 54.6 Å². The molecule has 0 bridgehead atoms. The fraction of sp³-hybridized carbons (Fsp3) is 0.0435. The van der Waals surface area contributed by atoms with Gasteiger partial charge in [-0.25, -0.2) is 5.01 Å². The minimum absolute atomic E-state index is 0.0867. The largest absolute Gasteiger partial charge is 0.489 e. The first-order valence-electron chi connectivity index (χ1n) is 9.00. The number of hydrazine groups is 1. The fourth-order valence-electron chi connectivity index (χ4n) is 2.89. The second-order valence-corrected chi connectivity index (χ2v) is 6.90. The normalized spacial score (nSPS) is 14.9. The van der Waals surface area contributed by atoms with Gasteiger partial charge in [0.2, 0.25) is 0 Å². The van der Waals surface area contributed by atoms with E-state index in [4.69, 9.17) is 16.3 Å². The van der Waals surface area contributed by atoms with Gasteiger partial charge in [-0.1, -0.05) is 54.1 Å². The molecular formula is C23H17ClN2O3. The van der Waals surface area contributed by atoms with Crippen molar-refractivity contribution in [2.75, 3.05) is 5.01 Å². The third-order valence-corrected chi connectivity index (χ3v) is 4.67. The van der Waals surface area contributed by atoms with Gasteiger partial charge in [-0.15, -0.1) is 0 Å².